The third-order valence-electron chi connectivity index (χ3n) is 8.06. The Balaban J connectivity index is 1.25. The fourth-order valence-electron chi connectivity index (χ4n) is 5.77. The minimum absolute atomic E-state index is 0.962. The van der Waals surface area contributed by atoms with E-state index in [1.54, 1.807) is 0 Å². The number of hydrogen-bond donors (Lipinski definition) is 0. The molecule has 196 valence electrons. The van der Waals surface area contributed by atoms with Gasteiger partial charge in [0.1, 0.15) is 0 Å². The number of pyridine rings is 2. The number of para-hydroxylation sites is 1. The summed E-state index contributed by atoms with van der Waals surface area (Å²) in [6.45, 7) is 0. The maximum atomic E-state index is 5.20. The van der Waals surface area contributed by atoms with E-state index in [-0.39, 0.29) is 0 Å². The van der Waals surface area contributed by atoms with Crippen molar-refractivity contribution < 1.29 is 0 Å². The summed E-state index contributed by atoms with van der Waals surface area (Å²) in [7, 11) is 0. The predicted octanol–water partition coefficient (Wildman–Crippen LogP) is 10.6. The van der Waals surface area contributed by atoms with Gasteiger partial charge in [0.25, 0.3) is 0 Å². The van der Waals surface area contributed by atoms with Gasteiger partial charge in [-0.3, -0.25) is 4.98 Å². The van der Waals surface area contributed by atoms with Gasteiger partial charge in [-0.2, -0.15) is 0 Å². The molecule has 6 aromatic carbocycles. The molecular weight excluding hydrogens is 508 g/mol. The first-order valence-electron chi connectivity index (χ1n) is 14.2. The largest absolute Gasteiger partial charge is 0.256 e. The molecule has 0 fully saturated rings. The number of aromatic nitrogens is 2. The third-order valence-corrected chi connectivity index (χ3v) is 8.06. The van der Waals surface area contributed by atoms with E-state index in [9.17, 15) is 0 Å². The van der Waals surface area contributed by atoms with Gasteiger partial charge in [0.05, 0.1) is 16.9 Å². The van der Waals surface area contributed by atoms with Gasteiger partial charge in [-0.1, -0.05) is 115 Å². The van der Waals surface area contributed by atoms with Crippen LogP contribution in [0.5, 0.6) is 0 Å². The Morgan fingerprint density at radius 1 is 0.310 bits per heavy atom. The molecule has 2 heterocycles. The van der Waals surface area contributed by atoms with E-state index in [2.05, 4.69) is 145 Å². The van der Waals surface area contributed by atoms with Gasteiger partial charge >= 0.3 is 0 Å². The van der Waals surface area contributed by atoms with Crippen LogP contribution in [0, 0.1) is 0 Å². The predicted molar refractivity (Wildman–Crippen MR) is 176 cm³/mol. The fourth-order valence-corrected chi connectivity index (χ4v) is 5.77. The van der Waals surface area contributed by atoms with Crippen molar-refractivity contribution in [3.05, 3.63) is 158 Å². The second-order valence-corrected chi connectivity index (χ2v) is 10.7. The molecule has 0 radical (unpaired) electrons. The molecule has 0 amide bonds. The molecule has 0 saturated carbocycles. The van der Waals surface area contributed by atoms with Crippen LogP contribution in [0.3, 0.4) is 0 Å². The third kappa shape index (κ3) is 4.49. The smallest absolute Gasteiger partial charge is 0.0715 e. The Labute approximate surface area is 244 Å². The number of nitrogens with zero attached hydrogens (tertiary/aromatic N) is 2. The molecule has 8 rings (SSSR count). The van der Waals surface area contributed by atoms with E-state index < -0.39 is 0 Å². The molecule has 0 saturated heterocycles. The topological polar surface area (TPSA) is 25.8 Å². The molecule has 0 aliphatic heterocycles. The number of benzene rings is 6. The second kappa shape index (κ2) is 10.1. The zero-order valence-electron chi connectivity index (χ0n) is 22.9. The zero-order chi connectivity index (χ0) is 27.9. The molecule has 0 N–H and O–H groups in total. The molecule has 42 heavy (non-hydrogen) atoms. The van der Waals surface area contributed by atoms with E-state index in [4.69, 9.17) is 4.98 Å². The molecule has 0 bridgehead atoms. The average molecular weight is 535 g/mol. The van der Waals surface area contributed by atoms with Gasteiger partial charge in [0.2, 0.25) is 0 Å². The summed E-state index contributed by atoms with van der Waals surface area (Å²) in [6.07, 6.45) is 1.96. The highest BCUT2D eigenvalue weighted by Crippen LogP contribution is 2.34. The quantitative estimate of drug-likeness (QED) is 0.224. The highest BCUT2D eigenvalue weighted by atomic mass is 14.7. The summed E-state index contributed by atoms with van der Waals surface area (Å²) >= 11 is 0. The van der Waals surface area contributed by atoms with Crippen LogP contribution in [-0.2, 0) is 0 Å². The molecule has 2 nitrogen and oxygen atoms in total. The van der Waals surface area contributed by atoms with Crippen LogP contribution in [0.15, 0.2) is 158 Å². The molecule has 8 aromatic rings. The minimum atomic E-state index is 0.962. The number of rotatable bonds is 4. The highest BCUT2D eigenvalue weighted by Gasteiger charge is 2.11. The molecule has 0 aliphatic rings. The maximum absolute atomic E-state index is 5.20. The van der Waals surface area contributed by atoms with Crippen molar-refractivity contribution in [2.75, 3.05) is 0 Å². The van der Waals surface area contributed by atoms with E-state index in [0.717, 1.165) is 55.7 Å². The van der Waals surface area contributed by atoms with Gasteiger partial charge in [-0.25, -0.2) is 4.98 Å². The van der Waals surface area contributed by atoms with Gasteiger partial charge in [-0.15, -0.1) is 0 Å². The molecule has 2 heteroatoms. The van der Waals surface area contributed by atoms with Crippen molar-refractivity contribution in [2.24, 2.45) is 0 Å². The summed E-state index contributed by atoms with van der Waals surface area (Å²) in [5.74, 6) is 0. The van der Waals surface area contributed by atoms with Crippen LogP contribution in [0.1, 0.15) is 0 Å². The van der Waals surface area contributed by atoms with Crippen molar-refractivity contribution in [1.29, 1.82) is 0 Å². The van der Waals surface area contributed by atoms with Crippen LogP contribution in [0.25, 0.3) is 77.2 Å². The highest BCUT2D eigenvalue weighted by molar-refractivity contribution is 5.90. The summed E-state index contributed by atoms with van der Waals surface area (Å²) in [6, 6.07) is 53.8. The van der Waals surface area contributed by atoms with Crippen LogP contribution in [0.2, 0.25) is 0 Å². The van der Waals surface area contributed by atoms with E-state index in [1.165, 1.54) is 21.5 Å². The number of hydrogen-bond acceptors (Lipinski definition) is 2. The molecule has 0 unspecified atom stereocenters. The molecule has 0 aliphatic carbocycles. The van der Waals surface area contributed by atoms with Crippen molar-refractivity contribution in [2.45, 2.75) is 0 Å². The van der Waals surface area contributed by atoms with E-state index in [0.29, 0.717) is 0 Å². The average Bonchev–Trinajstić information content (AvgIpc) is 3.07. The van der Waals surface area contributed by atoms with Crippen LogP contribution in [-0.4, -0.2) is 9.97 Å². The first-order valence-corrected chi connectivity index (χ1v) is 14.2. The zero-order valence-corrected chi connectivity index (χ0v) is 22.9. The van der Waals surface area contributed by atoms with Crippen molar-refractivity contribution in [3.8, 4) is 44.8 Å². The summed E-state index contributed by atoms with van der Waals surface area (Å²) in [5.41, 5.74) is 9.70. The van der Waals surface area contributed by atoms with Crippen LogP contribution < -0.4 is 0 Å². The molecule has 0 atom stereocenters. The van der Waals surface area contributed by atoms with E-state index >= 15 is 0 Å². The van der Waals surface area contributed by atoms with Crippen molar-refractivity contribution in [1.82, 2.24) is 9.97 Å². The van der Waals surface area contributed by atoms with Crippen LogP contribution >= 0.6 is 0 Å². The first kappa shape index (κ1) is 24.2. The number of fused-ring (bicyclic) bond motifs is 3. The van der Waals surface area contributed by atoms with Gasteiger partial charge in [-0.05, 0) is 74.6 Å². The normalized spacial score (nSPS) is 11.3. The lowest BCUT2D eigenvalue weighted by Gasteiger charge is -2.12. The maximum Gasteiger partial charge on any atom is 0.0715 e. The fraction of sp³-hybridized carbons (Fsp3) is 0. The Morgan fingerprint density at radius 2 is 0.762 bits per heavy atom. The SMILES string of the molecule is c1ccc2cc(-c3cc(-c4ccc(-c5cnc6ccccc6c5)cc4)cc(-c4ccc5ccccc5c4)n3)ccc2c1. The first-order chi connectivity index (χ1) is 20.8. The van der Waals surface area contributed by atoms with Crippen molar-refractivity contribution >= 4 is 32.4 Å². The summed E-state index contributed by atoms with van der Waals surface area (Å²) in [4.78, 5) is 9.86. The lowest BCUT2D eigenvalue weighted by molar-refractivity contribution is 1.33. The Hall–Kier alpha value is -5.60. The molecule has 0 spiro atoms. The lowest BCUT2D eigenvalue weighted by Crippen LogP contribution is -1.92. The van der Waals surface area contributed by atoms with Crippen molar-refractivity contribution in [3.63, 3.8) is 0 Å². The van der Waals surface area contributed by atoms with Gasteiger partial charge in [0, 0.05) is 28.3 Å². The monoisotopic (exact) mass is 534 g/mol. The molecular formula is C40H26N2. The summed E-state index contributed by atoms with van der Waals surface area (Å²) in [5, 5.41) is 6.02. The lowest BCUT2D eigenvalue weighted by atomic mass is 9.96. The van der Waals surface area contributed by atoms with Gasteiger partial charge < -0.3 is 0 Å². The standard InChI is InChI=1S/C40H26N2/c1-3-9-31-21-34(19-17-27(31)7-1)39-24-36(25-40(42-39)35-20-18-28-8-2-4-10-32(28)22-35)29-13-15-30(16-14-29)37-23-33-11-5-6-12-38(33)41-26-37/h1-26H. The summed E-state index contributed by atoms with van der Waals surface area (Å²) < 4.78 is 0. The van der Waals surface area contributed by atoms with Crippen LogP contribution in [0.4, 0.5) is 0 Å². The van der Waals surface area contributed by atoms with Gasteiger partial charge in [0.15, 0.2) is 0 Å². The Kier molecular flexibility index (Phi) is 5.82. The second-order valence-electron chi connectivity index (χ2n) is 10.7. The van der Waals surface area contributed by atoms with E-state index in [1.807, 2.05) is 18.3 Å². The Bertz CT molecular complexity index is 2150. The minimum Gasteiger partial charge on any atom is -0.256 e. The molecule has 2 aromatic heterocycles. The Morgan fingerprint density at radius 3 is 1.36 bits per heavy atom.